The van der Waals surface area contributed by atoms with Crippen molar-refractivity contribution in [2.45, 2.75) is 25.4 Å². The maximum atomic E-state index is 4.12. The zero-order valence-corrected chi connectivity index (χ0v) is 10.7. The summed E-state index contributed by atoms with van der Waals surface area (Å²) in [5.74, 6) is 0. The van der Waals surface area contributed by atoms with E-state index in [1.165, 1.54) is 19.4 Å². The Balaban J connectivity index is 0.00000128. The molecule has 0 aliphatic carbocycles. The smallest absolute Gasteiger partial charge is 0.0967 e. The first-order chi connectivity index (χ1) is 7.29. The minimum atomic E-state index is 0. The predicted molar refractivity (Wildman–Crippen MR) is 65.6 cm³/mol. The van der Waals surface area contributed by atoms with Crippen LogP contribution in [-0.4, -0.2) is 46.1 Å². The first-order valence-corrected chi connectivity index (χ1v) is 5.53. The highest BCUT2D eigenvalue weighted by Gasteiger charge is 2.24. The summed E-state index contributed by atoms with van der Waals surface area (Å²) in [7, 11) is 3.92. The van der Waals surface area contributed by atoms with E-state index in [4.69, 9.17) is 0 Å². The molecule has 1 unspecified atom stereocenters. The molecule has 0 radical (unpaired) electrons. The van der Waals surface area contributed by atoms with Crippen molar-refractivity contribution in [3.05, 3.63) is 11.9 Å². The number of rotatable bonds is 4. The lowest BCUT2D eigenvalue weighted by Gasteiger charge is -2.22. The van der Waals surface area contributed by atoms with Crippen LogP contribution >= 0.6 is 12.4 Å². The molecule has 0 saturated carbocycles. The number of nitrogens with zero attached hydrogens (tertiary/aromatic N) is 4. The fourth-order valence-corrected chi connectivity index (χ4v) is 2.25. The third kappa shape index (κ3) is 3.17. The van der Waals surface area contributed by atoms with E-state index in [0.717, 1.165) is 18.8 Å². The van der Waals surface area contributed by atoms with Gasteiger partial charge >= 0.3 is 0 Å². The zero-order chi connectivity index (χ0) is 10.7. The lowest BCUT2D eigenvalue weighted by molar-refractivity contribution is 0.239. The van der Waals surface area contributed by atoms with E-state index >= 15 is 0 Å². The van der Waals surface area contributed by atoms with Crippen LogP contribution in [0.25, 0.3) is 0 Å². The van der Waals surface area contributed by atoms with Gasteiger partial charge in [-0.25, -0.2) is 0 Å². The fourth-order valence-electron chi connectivity index (χ4n) is 2.25. The van der Waals surface area contributed by atoms with Gasteiger partial charge in [-0.1, -0.05) is 5.21 Å². The molecular weight excluding hydrogens is 226 g/mol. The van der Waals surface area contributed by atoms with Crippen LogP contribution in [-0.2, 0) is 13.6 Å². The lowest BCUT2D eigenvalue weighted by Crippen LogP contribution is -2.36. The number of nitrogens with one attached hydrogen (secondary N) is 1. The molecule has 1 aromatic rings. The summed E-state index contributed by atoms with van der Waals surface area (Å²) < 4.78 is 1.76. The van der Waals surface area contributed by atoms with Gasteiger partial charge in [0, 0.05) is 32.4 Å². The van der Waals surface area contributed by atoms with Gasteiger partial charge in [0.1, 0.15) is 0 Å². The molecule has 1 aliphatic heterocycles. The van der Waals surface area contributed by atoms with Gasteiger partial charge in [-0.15, -0.1) is 17.5 Å². The largest absolute Gasteiger partial charge is 0.318 e. The molecule has 1 atom stereocenters. The summed E-state index contributed by atoms with van der Waals surface area (Å²) in [6.07, 6.45) is 4.59. The zero-order valence-electron chi connectivity index (χ0n) is 9.89. The predicted octanol–water partition coefficient (Wildman–Crippen LogP) is 0.421. The van der Waals surface area contributed by atoms with Gasteiger partial charge in [0.15, 0.2) is 0 Å². The molecule has 16 heavy (non-hydrogen) atoms. The number of hydrogen-bond acceptors (Lipinski definition) is 4. The summed E-state index contributed by atoms with van der Waals surface area (Å²) in [4.78, 5) is 2.49. The van der Waals surface area contributed by atoms with Crippen LogP contribution in [0.4, 0.5) is 0 Å². The number of likely N-dealkylation sites (tertiary alicyclic amines) is 1. The van der Waals surface area contributed by atoms with Crippen molar-refractivity contribution in [1.29, 1.82) is 0 Å². The highest BCUT2D eigenvalue weighted by atomic mass is 35.5. The van der Waals surface area contributed by atoms with E-state index in [1.54, 1.807) is 4.68 Å². The van der Waals surface area contributed by atoms with E-state index in [1.807, 2.05) is 20.3 Å². The third-order valence-corrected chi connectivity index (χ3v) is 2.95. The number of hydrogen-bond donors (Lipinski definition) is 1. The monoisotopic (exact) mass is 245 g/mol. The summed E-state index contributed by atoms with van der Waals surface area (Å²) in [5.41, 5.74) is 1.07. The Morgan fingerprint density at radius 3 is 3.00 bits per heavy atom. The van der Waals surface area contributed by atoms with Crippen LogP contribution in [0.15, 0.2) is 6.20 Å². The topological polar surface area (TPSA) is 46.0 Å². The molecule has 2 rings (SSSR count). The number of likely N-dealkylation sites (N-methyl/N-ethyl adjacent to an activating group) is 1. The average Bonchev–Trinajstić information content (AvgIpc) is 2.78. The quantitative estimate of drug-likeness (QED) is 0.835. The van der Waals surface area contributed by atoms with Crippen LogP contribution in [0.3, 0.4) is 0 Å². The Morgan fingerprint density at radius 1 is 1.56 bits per heavy atom. The van der Waals surface area contributed by atoms with Crippen molar-refractivity contribution in [2.24, 2.45) is 7.05 Å². The molecule has 0 spiro atoms. The average molecular weight is 246 g/mol. The second kappa shape index (κ2) is 6.18. The Bertz CT molecular complexity index is 314. The lowest BCUT2D eigenvalue weighted by atomic mass is 10.2. The fraction of sp³-hybridized carbons (Fsp3) is 0.800. The van der Waals surface area contributed by atoms with E-state index < -0.39 is 0 Å². The summed E-state index contributed by atoms with van der Waals surface area (Å²) >= 11 is 0. The molecule has 92 valence electrons. The number of aryl methyl sites for hydroxylation is 1. The molecule has 1 aromatic heterocycles. The molecule has 1 aliphatic rings. The minimum Gasteiger partial charge on any atom is -0.318 e. The summed E-state index contributed by atoms with van der Waals surface area (Å²) in [6, 6.07) is 0.664. The SMILES string of the molecule is CNCC1CCCN1Cc1cn(C)nn1.Cl. The van der Waals surface area contributed by atoms with Crippen LogP contribution < -0.4 is 5.32 Å². The van der Waals surface area contributed by atoms with E-state index in [2.05, 4.69) is 20.5 Å². The van der Waals surface area contributed by atoms with Gasteiger partial charge in [0.05, 0.1) is 5.69 Å². The highest BCUT2D eigenvalue weighted by Crippen LogP contribution is 2.18. The Kier molecular flexibility index (Phi) is 5.18. The molecule has 1 saturated heterocycles. The maximum Gasteiger partial charge on any atom is 0.0967 e. The summed E-state index contributed by atoms with van der Waals surface area (Å²) in [5, 5.41) is 11.3. The van der Waals surface area contributed by atoms with Gasteiger partial charge in [0.2, 0.25) is 0 Å². The van der Waals surface area contributed by atoms with Crippen molar-refractivity contribution < 1.29 is 0 Å². The van der Waals surface area contributed by atoms with Crippen LogP contribution in [0.1, 0.15) is 18.5 Å². The van der Waals surface area contributed by atoms with Gasteiger partial charge < -0.3 is 5.32 Å². The first kappa shape index (κ1) is 13.4. The molecular formula is C10H20ClN5. The Morgan fingerprint density at radius 2 is 2.38 bits per heavy atom. The van der Waals surface area contributed by atoms with E-state index in [-0.39, 0.29) is 12.4 Å². The standard InChI is InChI=1S/C10H19N5.ClH/c1-11-6-10-4-3-5-15(10)8-9-7-14(2)13-12-9;/h7,10-11H,3-6,8H2,1-2H3;1H. The van der Waals surface area contributed by atoms with Gasteiger partial charge in [0.25, 0.3) is 0 Å². The molecule has 1 fully saturated rings. The number of halogens is 1. The van der Waals surface area contributed by atoms with Gasteiger partial charge in [-0.2, -0.15) is 0 Å². The Labute approximate surface area is 103 Å². The van der Waals surface area contributed by atoms with Crippen LogP contribution in [0.2, 0.25) is 0 Å². The number of aromatic nitrogens is 3. The molecule has 0 amide bonds. The van der Waals surface area contributed by atoms with Crippen molar-refractivity contribution in [2.75, 3.05) is 20.1 Å². The molecule has 0 bridgehead atoms. The molecule has 1 N–H and O–H groups in total. The van der Waals surface area contributed by atoms with E-state index in [9.17, 15) is 0 Å². The van der Waals surface area contributed by atoms with Crippen molar-refractivity contribution in [3.63, 3.8) is 0 Å². The minimum absolute atomic E-state index is 0. The van der Waals surface area contributed by atoms with Gasteiger partial charge in [-0.3, -0.25) is 9.58 Å². The van der Waals surface area contributed by atoms with Crippen molar-refractivity contribution in [3.8, 4) is 0 Å². The second-order valence-corrected chi connectivity index (χ2v) is 4.21. The van der Waals surface area contributed by atoms with E-state index in [0.29, 0.717) is 6.04 Å². The van der Waals surface area contributed by atoms with Crippen molar-refractivity contribution in [1.82, 2.24) is 25.2 Å². The molecule has 2 heterocycles. The molecule has 5 nitrogen and oxygen atoms in total. The highest BCUT2D eigenvalue weighted by molar-refractivity contribution is 5.85. The van der Waals surface area contributed by atoms with Gasteiger partial charge in [-0.05, 0) is 26.4 Å². The normalized spacial score (nSPS) is 21.0. The first-order valence-electron chi connectivity index (χ1n) is 5.53. The second-order valence-electron chi connectivity index (χ2n) is 4.21. The molecule has 0 aromatic carbocycles. The summed E-state index contributed by atoms with van der Waals surface area (Å²) in [6.45, 7) is 3.18. The molecule has 6 heteroatoms. The van der Waals surface area contributed by atoms with Crippen LogP contribution in [0.5, 0.6) is 0 Å². The Hall–Kier alpha value is -0.650. The van der Waals surface area contributed by atoms with Crippen LogP contribution in [0, 0.1) is 0 Å². The maximum absolute atomic E-state index is 4.12. The van der Waals surface area contributed by atoms with Crippen molar-refractivity contribution >= 4 is 12.4 Å². The third-order valence-electron chi connectivity index (χ3n) is 2.95.